The van der Waals surface area contributed by atoms with E-state index in [2.05, 4.69) is 62.5 Å². The molecular formula is C47H84O5. The highest BCUT2D eigenvalue weighted by atomic mass is 16.6. The molecule has 0 amide bonds. The van der Waals surface area contributed by atoms with Crippen molar-refractivity contribution in [3.05, 3.63) is 48.6 Å². The molecule has 0 bridgehead atoms. The molecule has 0 rings (SSSR count). The normalized spacial score (nSPS) is 12.6. The summed E-state index contributed by atoms with van der Waals surface area (Å²) in [7, 11) is 0. The van der Waals surface area contributed by atoms with E-state index in [0.29, 0.717) is 12.8 Å². The Morgan fingerprint density at radius 2 is 0.769 bits per heavy atom. The van der Waals surface area contributed by atoms with Gasteiger partial charge in [-0.05, 0) is 77.0 Å². The van der Waals surface area contributed by atoms with E-state index in [9.17, 15) is 14.7 Å². The number of unbranched alkanes of at least 4 members (excludes halogenated alkanes) is 24. The summed E-state index contributed by atoms with van der Waals surface area (Å²) in [5.74, 6) is -0.613. The number of hydrogen-bond donors (Lipinski definition) is 1. The first-order valence-corrected chi connectivity index (χ1v) is 22.2. The first-order valence-electron chi connectivity index (χ1n) is 22.2. The molecule has 0 spiro atoms. The zero-order valence-electron chi connectivity index (χ0n) is 34.3. The molecule has 0 aliphatic rings. The van der Waals surface area contributed by atoms with Crippen LogP contribution in [-0.2, 0) is 19.1 Å². The summed E-state index contributed by atoms with van der Waals surface area (Å²) >= 11 is 0. The lowest BCUT2D eigenvalue weighted by atomic mass is 10.0. The van der Waals surface area contributed by atoms with Crippen LogP contribution in [0.15, 0.2) is 48.6 Å². The number of hydrogen-bond acceptors (Lipinski definition) is 5. The van der Waals surface area contributed by atoms with Crippen LogP contribution < -0.4 is 0 Å². The lowest BCUT2D eigenvalue weighted by molar-refractivity contribution is -0.161. The van der Waals surface area contributed by atoms with Gasteiger partial charge in [-0.25, -0.2) is 0 Å². The first kappa shape index (κ1) is 49.9. The van der Waals surface area contributed by atoms with Crippen molar-refractivity contribution >= 4 is 11.9 Å². The average molecular weight is 729 g/mol. The van der Waals surface area contributed by atoms with Gasteiger partial charge in [0.1, 0.15) is 6.61 Å². The molecule has 0 aromatic carbocycles. The molecule has 0 heterocycles. The second kappa shape index (κ2) is 43.3. The van der Waals surface area contributed by atoms with Crippen molar-refractivity contribution in [3.63, 3.8) is 0 Å². The van der Waals surface area contributed by atoms with E-state index in [1.165, 1.54) is 128 Å². The topological polar surface area (TPSA) is 72.8 Å². The Hall–Kier alpha value is -2.14. The Bertz CT molecular complexity index is 873. The fourth-order valence-electron chi connectivity index (χ4n) is 6.20. The summed E-state index contributed by atoms with van der Waals surface area (Å²) < 4.78 is 10.6. The molecule has 1 unspecified atom stereocenters. The van der Waals surface area contributed by atoms with Crippen molar-refractivity contribution in [3.8, 4) is 0 Å². The number of rotatable bonds is 40. The third kappa shape index (κ3) is 40.6. The van der Waals surface area contributed by atoms with Gasteiger partial charge in [0.2, 0.25) is 0 Å². The van der Waals surface area contributed by atoms with Gasteiger partial charge < -0.3 is 14.6 Å². The van der Waals surface area contributed by atoms with E-state index in [-0.39, 0.29) is 25.2 Å². The number of allylic oxidation sites excluding steroid dienone is 8. The second-order valence-electron chi connectivity index (χ2n) is 14.8. The fraction of sp³-hybridized carbons (Fsp3) is 0.787. The Balaban J connectivity index is 3.55. The van der Waals surface area contributed by atoms with Gasteiger partial charge in [-0.2, -0.15) is 0 Å². The minimum Gasteiger partial charge on any atom is -0.462 e. The number of carbonyl (C=O) groups excluding carboxylic acids is 2. The zero-order chi connectivity index (χ0) is 37.8. The van der Waals surface area contributed by atoms with Crippen LogP contribution in [0.3, 0.4) is 0 Å². The molecular weight excluding hydrogens is 645 g/mol. The molecule has 302 valence electrons. The van der Waals surface area contributed by atoms with Crippen LogP contribution in [0.5, 0.6) is 0 Å². The average Bonchev–Trinajstić information content (AvgIpc) is 3.15. The van der Waals surface area contributed by atoms with Crippen LogP contribution in [0, 0.1) is 0 Å². The lowest BCUT2D eigenvalue weighted by Gasteiger charge is -2.15. The Labute approximate surface area is 322 Å². The molecule has 0 aromatic heterocycles. The predicted octanol–water partition coefficient (Wildman–Crippen LogP) is 14.2. The van der Waals surface area contributed by atoms with Gasteiger partial charge in [-0.15, -0.1) is 0 Å². The van der Waals surface area contributed by atoms with E-state index in [0.717, 1.165) is 64.2 Å². The van der Waals surface area contributed by atoms with E-state index in [4.69, 9.17) is 9.47 Å². The molecule has 5 heteroatoms. The standard InChI is InChI=1S/C47H84O5/c1-3-5-7-9-11-13-15-17-19-21-22-23-24-26-27-29-31-33-35-37-39-41-46(49)51-44-45(43-48)52-47(50)42-40-38-36-34-32-30-28-25-20-18-16-14-12-10-8-6-4-2/h12,14,17-20,28,30,45,48H,3-11,13,15-16,21-27,29,31-44H2,1-2H3. The SMILES string of the molecule is CCCCCC=CCC=CCC=CCCCCCCC(=O)OC(CO)COC(=O)CCCCCCCCCCCCCC=CCCCCCCCC. The number of carbonyl (C=O) groups is 2. The van der Waals surface area contributed by atoms with Crippen molar-refractivity contribution in [1.82, 2.24) is 0 Å². The molecule has 0 aliphatic heterocycles. The summed E-state index contributed by atoms with van der Waals surface area (Å²) in [5, 5.41) is 9.58. The van der Waals surface area contributed by atoms with E-state index in [1.807, 2.05) is 0 Å². The first-order chi connectivity index (χ1) is 25.6. The van der Waals surface area contributed by atoms with Crippen molar-refractivity contribution in [1.29, 1.82) is 0 Å². The van der Waals surface area contributed by atoms with Crippen LogP contribution in [0.2, 0.25) is 0 Å². The molecule has 0 fully saturated rings. The number of aliphatic hydroxyl groups excluding tert-OH is 1. The molecule has 1 atom stereocenters. The maximum atomic E-state index is 12.2. The molecule has 1 N–H and O–H groups in total. The van der Waals surface area contributed by atoms with E-state index >= 15 is 0 Å². The van der Waals surface area contributed by atoms with Gasteiger partial charge in [0.25, 0.3) is 0 Å². The smallest absolute Gasteiger partial charge is 0.306 e. The van der Waals surface area contributed by atoms with Crippen molar-refractivity contribution < 1.29 is 24.2 Å². The summed E-state index contributed by atoms with van der Waals surface area (Å²) in [4.78, 5) is 24.3. The third-order valence-electron chi connectivity index (χ3n) is 9.60. The zero-order valence-corrected chi connectivity index (χ0v) is 34.3. The van der Waals surface area contributed by atoms with Crippen LogP contribution in [0.1, 0.15) is 219 Å². The summed E-state index contributed by atoms with van der Waals surface area (Å²) in [6.45, 7) is 4.10. The second-order valence-corrected chi connectivity index (χ2v) is 14.8. The van der Waals surface area contributed by atoms with Crippen molar-refractivity contribution in [2.45, 2.75) is 225 Å². The summed E-state index contributed by atoms with van der Waals surface area (Å²) in [5.41, 5.74) is 0. The van der Waals surface area contributed by atoms with Gasteiger partial charge in [0, 0.05) is 12.8 Å². The monoisotopic (exact) mass is 729 g/mol. The van der Waals surface area contributed by atoms with Gasteiger partial charge in [-0.1, -0.05) is 178 Å². The molecule has 0 radical (unpaired) electrons. The van der Waals surface area contributed by atoms with Crippen molar-refractivity contribution in [2.75, 3.05) is 13.2 Å². The Morgan fingerprint density at radius 3 is 1.21 bits per heavy atom. The van der Waals surface area contributed by atoms with Gasteiger partial charge in [0.05, 0.1) is 6.61 Å². The third-order valence-corrected chi connectivity index (χ3v) is 9.60. The molecule has 0 saturated carbocycles. The van der Waals surface area contributed by atoms with Gasteiger partial charge >= 0.3 is 11.9 Å². The lowest BCUT2D eigenvalue weighted by Crippen LogP contribution is -2.28. The number of esters is 2. The predicted molar refractivity (Wildman–Crippen MR) is 224 cm³/mol. The van der Waals surface area contributed by atoms with Crippen molar-refractivity contribution in [2.24, 2.45) is 0 Å². The highest BCUT2D eigenvalue weighted by Crippen LogP contribution is 2.14. The fourth-order valence-corrected chi connectivity index (χ4v) is 6.20. The highest BCUT2D eigenvalue weighted by molar-refractivity contribution is 5.70. The minimum atomic E-state index is -0.783. The molecule has 5 nitrogen and oxygen atoms in total. The summed E-state index contributed by atoms with van der Waals surface area (Å²) in [6.07, 6.45) is 54.7. The van der Waals surface area contributed by atoms with E-state index in [1.54, 1.807) is 0 Å². The minimum absolute atomic E-state index is 0.0751. The Morgan fingerprint density at radius 1 is 0.442 bits per heavy atom. The molecule has 0 saturated heterocycles. The van der Waals surface area contributed by atoms with Crippen LogP contribution in [0.4, 0.5) is 0 Å². The maximum absolute atomic E-state index is 12.2. The van der Waals surface area contributed by atoms with Gasteiger partial charge in [0.15, 0.2) is 6.10 Å². The molecule has 0 aliphatic carbocycles. The van der Waals surface area contributed by atoms with E-state index < -0.39 is 6.10 Å². The van der Waals surface area contributed by atoms with Crippen LogP contribution in [-0.4, -0.2) is 36.4 Å². The summed E-state index contributed by atoms with van der Waals surface area (Å²) in [6, 6.07) is 0. The highest BCUT2D eigenvalue weighted by Gasteiger charge is 2.16. The maximum Gasteiger partial charge on any atom is 0.306 e. The molecule has 52 heavy (non-hydrogen) atoms. The van der Waals surface area contributed by atoms with Gasteiger partial charge in [-0.3, -0.25) is 9.59 Å². The Kier molecular flexibility index (Phi) is 41.5. The quantitative estimate of drug-likeness (QED) is 0.0386. The molecule has 0 aromatic rings. The van der Waals surface area contributed by atoms with Crippen LogP contribution >= 0.6 is 0 Å². The number of ether oxygens (including phenoxy) is 2. The largest absolute Gasteiger partial charge is 0.462 e. The number of aliphatic hydroxyl groups is 1. The van der Waals surface area contributed by atoms with Crippen LogP contribution in [0.25, 0.3) is 0 Å².